The first-order chi connectivity index (χ1) is 8.95. The van der Waals surface area contributed by atoms with Gasteiger partial charge in [-0.15, -0.1) is 0 Å². The first kappa shape index (κ1) is 16.4. The Hall–Kier alpha value is -0.610. The number of carbonyl (C=O) groups is 1. The summed E-state index contributed by atoms with van der Waals surface area (Å²) in [5.41, 5.74) is 5.71. The molecule has 2 N–H and O–H groups in total. The molecule has 4 heteroatoms. The maximum atomic E-state index is 12.3. The molecule has 1 aliphatic rings. The van der Waals surface area contributed by atoms with Crippen molar-refractivity contribution in [2.45, 2.75) is 33.1 Å². The molecule has 1 heterocycles. The lowest BCUT2D eigenvalue weighted by Crippen LogP contribution is -2.40. The smallest absolute Gasteiger partial charge is 0.226 e. The fraction of sp³-hybridized carbons (Fsp3) is 0.933. The lowest BCUT2D eigenvalue weighted by molar-refractivity contribution is -0.135. The van der Waals surface area contributed by atoms with E-state index in [2.05, 4.69) is 25.8 Å². The van der Waals surface area contributed by atoms with Crippen molar-refractivity contribution in [2.24, 2.45) is 23.5 Å². The van der Waals surface area contributed by atoms with Crippen LogP contribution in [0, 0.1) is 17.8 Å². The molecule has 1 unspecified atom stereocenters. The summed E-state index contributed by atoms with van der Waals surface area (Å²) in [6.07, 6.45) is 3.66. The van der Waals surface area contributed by atoms with Gasteiger partial charge >= 0.3 is 0 Å². The van der Waals surface area contributed by atoms with Crippen LogP contribution in [0.5, 0.6) is 0 Å². The van der Waals surface area contributed by atoms with E-state index < -0.39 is 0 Å². The van der Waals surface area contributed by atoms with Crippen LogP contribution in [0.25, 0.3) is 0 Å². The summed E-state index contributed by atoms with van der Waals surface area (Å²) in [6.45, 7) is 7.85. The molecule has 4 nitrogen and oxygen atoms in total. The molecule has 1 fully saturated rings. The summed E-state index contributed by atoms with van der Waals surface area (Å²) in [4.78, 5) is 16.5. The minimum Gasteiger partial charge on any atom is -0.345 e. The van der Waals surface area contributed by atoms with Gasteiger partial charge in [0.05, 0.1) is 5.92 Å². The van der Waals surface area contributed by atoms with Crippen LogP contribution in [-0.2, 0) is 4.79 Å². The minimum absolute atomic E-state index is 0.0255. The van der Waals surface area contributed by atoms with E-state index in [1.165, 1.54) is 25.9 Å². The van der Waals surface area contributed by atoms with Crippen LogP contribution in [0.3, 0.4) is 0 Å². The Morgan fingerprint density at radius 3 is 2.42 bits per heavy atom. The Morgan fingerprint density at radius 2 is 1.95 bits per heavy atom. The fourth-order valence-corrected chi connectivity index (χ4v) is 2.78. The van der Waals surface area contributed by atoms with E-state index in [9.17, 15) is 4.79 Å². The predicted octanol–water partition coefficient (Wildman–Crippen LogP) is 1.41. The molecule has 1 atom stereocenters. The van der Waals surface area contributed by atoms with Crippen molar-refractivity contribution in [1.82, 2.24) is 9.80 Å². The second-order valence-corrected chi connectivity index (χ2v) is 6.38. The van der Waals surface area contributed by atoms with Gasteiger partial charge in [0.25, 0.3) is 0 Å². The summed E-state index contributed by atoms with van der Waals surface area (Å²) in [6, 6.07) is 0. The largest absolute Gasteiger partial charge is 0.345 e. The topological polar surface area (TPSA) is 49.6 Å². The molecule has 0 saturated carbocycles. The minimum atomic E-state index is -0.0255. The van der Waals surface area contributed by atoms with Gasteiger partial charge in [0.2, 0.25) is 5.91 Å². The Balaban J connectivity index is 2.34. The van der Waals surface area contributed by atoms with E-state index in [-0.39, 0.29) is 11.8 Å². The van der Waals surface area contributed by atoms with E-state index >= 15 is 0 Å². The highest BCUT2D eigenvalue weighted by molar-refractivity contribution is 5.79. The predicted molar refractivity (Wildman–Crippen MR) is 79.9 cm³/mol. The fourth-order valence-electron chi connectivity index (χ4n) is 2.78. The third-order valence-corrected chi connectivity index (χ3v) is 4.46. The molecule has 0 bridgehead atoms. The van der Waals surface area contributed by atoms with E-state index in [0.717, 1.165) is 18.9 Å². The van der Waals surface area contributed by atoms with Crippen LogP contribution in [0.1, 0.15) is 33.1 Å². The first-order valence-corrected chi connectivity index (χ1v) is 7.59. The Bertz CT molecular complexity index is 273. The molecular weight excluding hydrogens is 238 g/mol. The number of hydrogen-bond donors (Lipinski definition) is 1. The average molecular weight is 269 g/mol. The van der Waals surface area contributed by atoms with Crippen LogP contribution in [0.2, 0.25) is 0 Å². The Kier molecular flexibility index (Phi) is 6.80. The summed E-state index contributed by atoms with van der Waals surface area (Å²) >= 11 is 0. The highest BCUT2D eigenvalue weighted by Gasteiger charge is 2.24. The summed E-state index contributed by atoms with van der Waals surface area (Å²) < 4.78 is 0. The molecule has 0 aromatic heterocycles. The van der Waals surface area contributed by atoms with Gasteiger partial charge < -0.3 is 15.5 Å². The Labute approximate surface area is 118 Å². The standard InChI is InChI=1S/C15H31N3O/c1-12(2)14(11-16)15(19)18(4)10-7-13-5-8-17(3)9-6-13/h12-14H,5-11,16H2,1-4H3. The molecule has 1 aliphatic heterocycles. The van der Waals surface area contributed by atoms with Crippen molar-refractivity contribution in [2.75, 3.05) is 40.3 Å². The molecule has 0 radical (unpaired) electrons. The number of nitrogens with two attached hydrogens (primary N) is 1. The molecule has 0 aliphatic carbocycles. The molecule has 1 amide bonds. The van der Waals surface area contributed by atoms with E-state index in [4.69, 9.17) is 5.73 Å². The van der Waals surface area contributed by atoms with E-state index in [1.807, 2.05) is 11.9 Å². The molecule has 1 saturated heterocycles. The van der Waals surface area contributed by atoms with Crippen LogP contribution >= 0.6 is 0 Å². The number of carbonyl (C=O) groups excluding carboxylic acids is 1. The normalized spacial score (nSPS) is 19.7. The molecule has 112 valence electrons. The van der Waals surface area contributed by atoms with Gasteiger partial charge in [-0.1, -0.05) is 13.8 Å². The van der Waals surface area contributed by atoms with Gasteiger partial charge in [-0.25, -0.2) is 0 Å². The molecule has 0 aromatic rings. The summed E-state index contributed by atoms with van der Waals surface area (Å²) in [5, 5.41) is 0. The second-order valence-electron chi connectivity index (χ2n) is 6.38. The van der Waals surface area contributed by atoms with Gasteiger partial charge in [-0.2, -0.15) is 0 Å². The van der Waals surface area contributed by atoms with Crippen LogP contribution in [0.4, 0.5) is 0 Å². The van der Waals surface area contributed by atoms with Crippen molar-refractivity contribution in [3.63, 3.8) is 0 Å². The number of nitrogens with zero attached hydrogens (tertiary/aromatic N) is 2. The van der Waals surface area contributed by atoms with Gasteiger partial charge in [0.1, 0.15) is 0 Å². The molecule has 0 aromatic carbocycles. The van der Waals surface area contributed by atoms with E-state index in [1.54, 1.807) is 0 Å². The molecule has 0 spiro atoms. The SMILES string of the molecule is CC(C)C(CN)C(=O)N(C)CCC1CCN(C)CC1. The zero-order chi connectivity index (χ0) is 14.4. The molecule has 1 rings (SSSR count). The van der Waals surface area contributed by atoms with Gasteiger partial charge in [0.15, 0.2) is 0 Å². The number of amides is 1. The zero-order valence-corrected chi connectivity index (χ0v) is 13.1. The third-order valence-electron chi connectivity index (χ3n) is 4.46. The van der Waals surface area contributed by atoms with Gasteiger partial charge in [-0.3, -0.25) is 4.79 Å². The number of rotatable bonds is 6. The summed E-state index contributed by atoms with van der Waals surface area (Å²) in [5.74, 6) is 1.29. The average Bonchev–Trinajstić information content (AvgIpc) is 2.38. The highest BCUT2D eigenvalue weighted by atomic mass is 16.2. The summed E-state index contributed by atoms with van der Waals surface area (Å²) in [7, 11) is 4.10. The van der Waals surface area contributed by atoms with E-state index in [0.29, 0.717) is 12.5 Å². The highest BCUT2D eigenvalue weighted by Crippen LogP contribution is 2.20. The monoisotopic (exact) mass is 269 g/mol. The van der Waals surface area contributed by atoms with Crippen LogP contribution < -0.4 is 5.73 Å². The van der Waals surface area contributed by atoms with Crippen molar-refractivity contribution in [3.8, 4) is 0 Å². The first-order valence-electron chi connectivity index (χ1n) is 7.59. The van der Waals surface area contributed by atoms with Crippen LogP contribution in [0.15, 0.2) is 0 Å². The van der Waals surface area contributed by atoms with Crippen molar-refractivity contribution < 1.29 is 4.79 Å². The van der Waals surface area contributed by atoms with Crippen LogP contribution in [-0.4, -0.2) is 56.0 Å². The second kappa shape index (κ2) is 7.85. The number of likely N-dealkylation sites (tertiary alicyclic amines) is 1. The zero-order valence-electron chi connectivity index (χ0n) is 13.1. The van der Waals surface area contributed by atoms with Crippen molar-refractivity contribution in [1.29, 1.82) is 0 Å². The molecular formula is C15H31N3O. The van der Waals surface area contributed by atoms with Gasteiger partial charge in [0, 0.05) is 20.1 Å². The maximum absolute atomic E-state index is 12.3. The van der Waals surface area contributed by atoms with Crippen molar-refractivity contribution >= 4 is 5.91 Å². The number of hydrogen-bond acceptors (Lipinski definition) is 3. The lowest BCUT2D eigenvalue weighted by Gasteiger charge is -2.31. The van der Waals surface area contributed by atoms with Crippen molar-refractivity contribution in [3.05, 3.63) is 0 Å². The number of piperidine rings is 1. The third kappa shape index (κ3) is 5.11. The Morgan fingerprint density at radius 1 is 1.37 bits per heavy atom. The lowest BCUT2D eigenvalue weighted by atomic mass is 9.92. The quantitative estimate of drug-likeness (QED) is 0.793. The van der Waals surface area contributed by atoms with Gasteiger partial charge in [-0.05, 0) is 51.2 Å². The maximum Gasteiger partial charge on any atom is 0.226 e. The molecule has 19 heavy (non-hydrogen) atoms.